The first-order chi connectivity index (χ1) is 7.18. The van der Waals surface area contributed by atoms with Gasteiger partial charge in [-0.1, -0.05) is 24.3 Å². The number of aliphatic hydroxyl groups excluding tert-OH is 1. The van der Waals surface area contributed by atoms with Gasteiger partial charge in [0, 0.05) is 12.6 Å². The molecule has 1 fully saturated rings. The first kappa shape index (κ1) is 10.7. The smallest absolute Gasteiger partial charge is 0.0439 e. The zero-order valence-corrected chi connectivity index (χ0v) is 9.24. The maximum Gasteiger partial charge on any atom is 0.0439 e. The lowest BCUT2D eigenvalue weighted by Crippen LogP contribution is -2.10. The standard InChI is InChI=1S/C13H19NO/c1-10(14)11-2-4-12(5-3-11)13(6-7-13)8-9-15/h2-5,10,15H,6-9,14H2,1H3. The molecule has 0 saturated heterocycles. The second kappa shape index (κ2) is 3.95. The predicted molar refractivity (Wildman–Crippen MR) is 61.7 cm³/mol. The van der Waals surface area contributed by atoms with Gasteiger partial charge in [-0.2, -0.15) is 0 Å². The third-order valence-electron chi connectivity index (χ3n) is 3.49. The zero-order chi connectivity index (χ0) is 10.9. The van der Waals surface area contributed by atoms with Crippen LogP contribution in [0.15, 0.2) is 24.3 Å². The van der Waals surface area contributed by atoms with Crippen LogP contribution in [0.2, 0.25) is 0 Å². The molecule has 0 spiro atoms. The van der Waals surface area contributed by atoms with Gasteiger partial charge in [0.25, 0.3) is 0 Å². The topological polar surface area (TPSA) is 46.2 Å². The predicted octanol–water partition coefficient (Wildman–Crippen LogP) is 2.12. The Morgan fingerprint density at radius 3 is 2.33 bits per heavy atom. The van der Waals surface area contributed by atoms with Crippen LogP contribution >= 0.6 is 0 Å². The normalized spacial score (nSPS) is 19.9. The van der Waals surface area contributed by atoms with Gasteiger partial charge in [-0.3, -0.25) is 0 Å². The van der Waals surface area contributed by atoms with Crippen molar-refractivity contribution in [3.05, 3.63) is 35.4 Å². The van der Waals surface area contributed by atoms with Crippen molar-refractivity contribution in [1.82, 2.24) is 0 Å². The average molecular weight is 205 g/mol. The van der Waals surface area contributed by atoms with Crippen LogP contribution in [0.5, 0.6) is 0 Å². The Hall–Kier alpha value is -0.860. The molecule has 2 nitrogen and oxygen atoms in total. The van der Waals surface area contributed by atoms with Crippen molar-refractivity contribution in [2.45, 2.75) is 37.6 Å². The third-order valence-corrected chi connectivity index (χ3v) is 3.49. The SMILES string of the molecule is CC(N)c1ccc(C2(CCO)CC2)cc1. The zero-order valence-electron chi connectivity index (χ0n) is 9.24. The molecule has 2 heteroatoms. The highest BCUT2D eigenvalue weighted by Crippen LogP contribution is 2.50. The van der Waals surface area contributed by atoms with Gasteiger partial charge in [0.05, 0.1) is 0 Å². The lowest BCUT2D eigenvalue weighted by Gasteiger charge is -2.15. The van der Waals surface area contributed by atoms with Crippen molar-refractivity contribution in [1.29, 1.82) is 0 Å². The summed E-state index contributed by atoms with van der Waals surface area (Å²) in [5.41, 5.74) is 8.63. The van der Waals surface area contributed by atoms with Gasteiger partial charge in [0.2, 0.25) is 0 Å². The second-order valence-electron chi connectivity index (χ2n) is 4.66. The first-order valence-electron chi connectivity index (χ1n) is 5.65. The lowest BCUT2D eigenvalue weighted by molar-refractivity contribution is 0.271. The van der Waals surface area contributed by atoms with Gasteiger partial charge in [-0.05, 0) is 42.7 Å². The fraction of sp³-hybridized carbons (Fsp3) is 0.538. The molecule has 1 aromatic carbocycles. The molecule has 3 N–H and O–H groups in total. The highest BCUT2D eigenvalue weighted by Gasteiger charge is 2.43. The van der Waals surface area contributed by atoms with Gasteiger partial charge >= 0.3 is 0 Å². The van der Waals surface area contributed by atoms with Crippen LogP contribution in [-0.4, -0.2) is 11.7 Å². The van der Waals surface area contributed by atoms with E-state index in [1.165, 1.54) is 24.0 Å². The van der Waals surface area contributed by atoms with E-state index in [4.69, 9.17) is 10.8 Å². The Balaban J connectivity index is 2.17. The van der Waals surface area contributed by atoms with E-state index in [0.29, 0.717) is 0 Å². The minimum atomic E-state index is 0.104. The summed E-state index contributed by atoms with van der Waals surface area (Å²) in [6, 6.07) is 8.66. The molecule has 0 radical (unpaired) electrons. The number of aliphatic hydroxyl groups is 1. The van der Waals surface area contributed by atoms with Crippen molar-refractivity contribution in [3.63, 3.8) is 0 Å². The molecule has 0 aliphatic heterocycles. The molecule has 2 rings (SSSR count). The molecule has 1 aliphatic carbocycles. The Morgan fingerprint density at radius 1 is 1.33 bits per heavy atom. The Morgan fingerprint density at radius 2 is 1.93 bits per heavy atom. The molecule has 1 aromatic rings. The van der Waals surface area contributed by atoms with E-state index in [-0.39, 0.29) is 18.1 Å². The molecule has 0 aromatic heterocycles. The van der Waals surface area contributed by atoms with Crippen LogP contribution in [-0.2, 0) is 5.41 Å². The Bertz CT molecular complexity index is 325. The summed E-state index contributed by atoms with van der Waals surface area (Å²) in [7, 11) is 0. The van der Waals surface area contributed by atoms with Crippen molar-refractivity contribution in [2.24, 2.45) is 5.73 Å². The van der Waals surface area contributed by atoms with E-state index in [1.807, 2.05) is 6.92 Å². The van der Waals surface area contributed by atoms with E-state index in [0.717, 1.165) is 6.42 Å². The van der Waals surface area contributed by atoms with Crippen molar-refractivity contribution in [3.8, 4) is 0 Å². The van der Waals surface area contributed by atoms with Crippen LogP contribution in [0, 0.1) is 0 Å². The fourth-order valence-electron chi connectivity index (χ4n) is 2.19. The van der Waals surface area contributed by atoms with E-state index in [1.54, 1.807) is 0 Å². The number of benzene rings is 1. The quantitative estimate of drug-likeness (QED) is 0.791. The molecule has 1 saturated carbocycles. The van der Waals surface area contributed by atoms with Gasteiger partial charge in [0.15, 0.2) is 0 Å². The molecule has 1 aliphatic rings. The summed E-state index contributed by atoms with van der Waals surface area (Å²) >= 11 is 0. The van der Waals surface area contributed by atoms with Crippen molar-refractivity contribution < 1.29 is 5.11 Å². The molecule has 1 atom stereocenters. The molecular weight excluding hydrogens is 186 g/mol. The van der Waals surface area contributed by atoms with Gasteiger partial charge in [0.1, 0.15) is 0 Å². The molecule has 1 unspecified atom stereocenters. The van der Waals surface area contributed by atoms with Crippen LogP contribution in [0.25, 0.3) is 0 Å². The molecule has 0 bridgehead atoms. The van der Waals surface area contributed by atoms with Gasteiger partial charge in [-0.25, -0.2) is 0 Å². The first-order valence-corrected chi connectivity index (χ1v) is 5.65. The third kappa shape index (κ3) is 2.06. The van der Waals surface area contributed by atoms with Crippen LogP contribution in [0.3, 0.4) is 0 Å². The highest BCUT2D eigenvalue weighted by atomic mass is 16.3. The van der Waals surface area contributed by atoms with E-state index in [9.17, 15) is 0 Å². The van der Waals surface area contributed by atoms with E-state index < -0.39 is 0 Å². The molecule has 0 amide bonds. The van der Waals surface area contributed by atoms with Crippen LogP contribution in [0.1, 0.15) is 43.4 Å². The maximum atomic E-state index is 9.03. The van der Waals surface area contributed by atoms with E-state index >= 15 is 0 Å². The monoisotopic (exact) mass is 205 g/mol. The minimum absolute atomic E-state index is 0.104. The summed E-state index contributed by atoms with van der Waals surface area (Å²) < 4.78 is 0. The molecule has 0 heterocycles. The highest BCUT2D eigenvalue weighted by molar-refractivity contribution is 5.34. The summed E-state index contributed by atoms with van der Waals surface area (Å²) in [5, 5.41) is 9.03. The van der Waals surface area contributed by atoms with Crippen molar-refractivity contribution in [2.75, 3.05) is 6.61 Å². The van der Waals surface area contributed by atoms with Crippen LogP contribution < -0.4 is 5.73 Å². The van der Waals surface area contributed by atoms with Crippen LogP contribution in [0.4, 0.5) is 0 Å². The Labute approximate surface area is 91.1 Å². The maximum absolute atomic E-state index is 9.03. The minimum Gasteiger partial charge on any atom is -0.396 e. The summed E-state index contributed by atoms with van der Waals surface area (Å²) in [6.45, 7) is 2.28. The van der Waals surface area contributed by atoms with E-state index in [2.05, 4.69) is 24.3 Å². The number of hydrogen-bond donors (Lipinski definition) is 2. The molecule has 15 heavy (non-hydrogen) atoms. The van der Waals surface area contributed by atoms with Gasteiger partial charge < -0.3 is 10.8 Å². The second-order valence-corrected chi connectivity index (χ2v) is 4.66. The lowest BCUT2D eigenvalue weighted by atomic mass is 9.91. The number of hydrogen-bond acceptors (Lipinski definition) is 2. The molecular formula is C13H19NO. The van der Waals surface area contributed by atoms with Crippen molar-refractivity contribution >= 4 is 0 Å². The Kier molecular flexibility index (Phi) is 2.81. The summed E-state index contributed by atoms with van der Waals surface area (Å²) in [6.07, 6.45) is 3.32. The fourth-order valence-corrected chi connectivity index (χ4v) is 2.19. The van der Waals surface area contributed by atoms with Gasteiger partial charge in [-0.15, -0.1) is 0 Å². The molecule has 82 valence electrons. The number of rotatable bonds is 4. The summed E-state index contributed by atoms with van der Waals surface area (Å²) in [4.78, 5) is 0. The summed E-state index contributed by atoms with van der Waals surface area (Å²) in [5.74, 6) is 0. The average Bonchev–Trinajstić information content (AvgIpc) is 3.00. The number of nitrogens with two attached hydrogens (primary N) is 1. The largest absolute Gasteiger partial charge is 0.396 e.